The van der Waals surface area contributed by atoms with Crippen LogP contribution in [0.4, 0.5) is 23.0 Å². The molecular formula is C12H18N8S. The van der Waals surface area contributed by atoms with Crippen LogP contribution in [0, 0.1) is 0 Å². The van der Waals surface area contributed by atoms with E-state index < -0.39 is 0 Å². The summed E-state index contributed by atoms with van der Waals surface area (Å²) in [6.45, 7) is 3.48. The second-order valence-electron chi connectivity index (χ2n) is 4.98. The first kappa shape index (κ1) is 13.8. The zero-order chi connectivity index (χ0) is 14.8. The Balaban J connectivity index is 1.72. The van der Waals surface area contributed by atoms with E-state index in [1.165, 1.54) is 0 Å². The number of thiazole rings is 1. The zero-order valence-corrected chi connectivity index (χ0v) is 12.9. The van der Waals surface area contributed by atoms with Crippen molar-refractivity contribution in [1.29, 1.82) is 0 Å². The van der Waals surface area contributed by atoms with E-state index in [4.69, 9.17) is 5.73 Å². The summed E-state index contributed by atoms with van der Waals surface area (Å²) in [6, 6.07) is 0. The number of nitrogen functional groups attached to an aromatic ring is 1. The zero-order valence-electron chi connectivity index (χ0n) is 12.1. The Morgan fingerprint density at radius 1 is 1.10 bits per heavy atom. The Morgan fingerprint density at radius 3 is 2.43 bits per heavy atom. The van der Waals surface area contributed by atoms with Crippen molar-refractivity contribution < 1.29 is 0 Å². The van der Waals surface area contributed by atoms with Crippen LogP contribution in [0.2, 0.25) is 0 Å². The van der Waals surface area contributed by atoms with Gasteiger partial charge in [0, 0.05) is 51.9 Å². The van der Waals surface area contributed by atoms with Gasteiger partial charge >= 0.3 is 0 Å². The molecule has 1 aliphatic heterocycles. The molecule has 0 saturated carbocycles. The number of aromatic nitrogens is 4. The van der Waals surface area contributed by atoms with Gasteiger partial charge in [0.25, 0.3) is 0 Å². The van der Waals surface area contributed by atoms with Gasteiger partial charge in [-0.3, -0.25) is 0 Å². The molecule has 0 unspecified atom stereocenters. The standard InChI is InChI=1S/C12H18N8S/c1-18(2)10-15-9(13)16-11(17-10)19-4-6-20(7-5-19)12-14-3-8-21-12/h3,8H,4-7H2,1-2H3,(H2,13,15,16,17). The number of hydrogen-bond donors (Lipinski definition) is 1. The van der Waals surface area contributed by atoms with Gasteiger partial charge in [-0.15, -0.1) is 11.3 Å². The van der Waals surface area contributed by atoms with Crippen LogP contribution in [0.15, 0.2) is 11.6 Å². The van der Waals surface area contributed by atoms with Crippen LogP contribution >= 0.6 is 11.3 Å². The van der Waals surface area contributed by atoms with Crippen molar-refractivity contribution in [3.05, 3.63) is 11.6 Å². The second-order valence-corrected chi connectivity index (χ2v) is 5.85. The van der Waals surface area contributed by atoms with Crippen LogP contribution in [0.1, 0.15) is 0 Å². The molecule has 0 aliphatic carbocycles. The van der Waals surface area contributed by atoms with Crippen LogP contribution in [0.3, 0.4) is 0 Å². The fourth-order valence-electron chi connectivity index (χ4n) is 2.18. The molecule has 1 fully saturated rings. The smallest absolute Gasteiger partial charge is 0.232 e. The van der Waals surface area contributed by atoms with Crippen LogP contribution in [-0.2, 0) is 0 Å². The van der Waals surface area contributed by atoms with Crippen molar-refractivity contribution in [2.45, 2.75) is 0 Å². The molecule has 2 aromatic rings. The first-order valence-electron chi connectivity index (χ1n) is 6.72. The third kappa shape index (κ3) is 2.97. The second kappa shape index (κ2) is 5.68. The van der Waals surface area contributed by atoms with Crippen LogP contribution in [-0.4, -0.2) is 60.2 Å². The van der Waals surface area contributed by atoms with E-state index in [-0.39, 0.29) is 5.95 Å². The van der Waals surface area contributed by atoms with Crippen LogP contribution in [0.25, 0.3) is 0 Å². The predicted molar refractivity (Wildman–Crippen MR) is 85.1 cm³/mol. The highest BCUT2D eigenvalue weighted by Crippen LogP contribution is 2.21. The van der Waals surface area contributed by atoms with Gasteiger partial charge in [0.05, 0.1) is 0 Å². The summed E-state index contributed by atoms with van der Waals surface area (Å²) < 4.78 is 0. The fourth-order valence-corrected chi connectivity index (χ4v) is 2.88. The van der Waals surface area contributed by atoms with Gasteiger partial charge in [-0.2, -0.15) is 15.0 Å². The van der Waals surface area contributed by atoms with Crippen molar-refractivity contribution >= 4 is 34.3 Å². The molecule has 21 heavy (non-hydrogen) atoms. The van der Waals surface area contributed by atoms with Gasteiger partial charge in [-0.1, -0.05) is 0 Å². The van der Waals surface area contributed by atoms with Crippen molar-refractivity contribution in [2.75, 3.05) is 60.7 Å². The Kier molecular flexibility index (Phi) is 3.74. The lowest BCUT2D eigenvalue weighted by atomic mass is 10.3. The number of piperazine rings is 1. The summed E-state index contributed by atoms with van der Waals surface area (Å²) in [5.74, 6) is 1.48. The van der Waals surface area contributed by atoms with Gasteiger partial charge in [0.1, 0.15) is 0 Å². The minimum Gasteiger partial charge on any atom is -0.368 e. The summed E-state index contributed by atoms with van der Waals surface area (Å²) in [7, 11) is 3.78. The van der Waals surface area contributed by atoms with E-state index in [1.807, 2.05) is 30.6 Å². The normalized spacial score (nSPS) is 15.3. The highest BCUT2D eigenvalue weighted by atomic mass is 32.1. The van der Waals surface area contributed by atoms with Gasteiger partial charge in [-0.05, 0) is 0 Å². The molecule has 9 heteroatoms. The molecule has 1 saturated heterocycles. The summed E-state index contributed by atoms with van der Waals surface area (Å²) >= 11 is 1.66. The summed E-state index contributed by atoms with van der Waals surface area (Å²) in [4.78, 5) is 23.4. The predicted octanol–water partition coefficient (Wildman–Crippen LogP) is 0.303. The van der Waals surface area contributed by atoms with Crippen LogP contribution in [0.5, 0.6) is 0 Å². The minimum atomic E-state index is 0.256. The molecule has 3 rings (SSSR count). The molecule has 2 aromatic heterocycles. The molecule has 0 spiro atoms. The molecule has 1 aliphatic rings. The molecule has 2 N–H and O–H groups in total. The Labute approximate surface area is 127 Å². The number of nitrogens with zero attached hydrogens (tertiary/aromatic N) is 7. The molecule has 0 bridgehead atoms. The van der Waals surface area contributed by atoms with Crippen molar-refractivity contribution in [1.82, 2.24) is 19.9 Å². The minimum absolute atomic E-state index is 0.256. The number of anilines is 4. The van der Waals surface area contributed by atoms with Crippen molar-refractivity contribution in [3.63, 3.8) is 0 Å². The number of hydrogen-bond acceptors (Lipinski definition) is 9. The molecule has 112 valence electrons. The van der Waals surface area contributed by atoms with Gasteiger partial charge in [0.2, 0.25) is 17.8 Å². The van der Waals surface area contributed by atoms with Crippen molar-refractivity contribution in [3.8, 4) is 0 Å². The Bertz CT molecular complexity index is 591. The van der Waals surface area contributed by atoms with Gasteiger partial charge < -0.3 is 20.4 Å². The van der Waals surface area contributed by atoms with Gasteiger partial charge in [0.15, 0.2) is 5.13 Å². The first-order valence-corrected chi connectivity index (χ1v) is 7.60. The highest BCUT2D eigenvalue weighted by Gasteiger charge is 2.21. The van der Waals surface area contributed by atoms with E-state index in [0.29, 0.717) is 11.9 Å². The average molecular weight is 306 g/mol. The maximum atomic E-state index is 5.77. The lowest BCUT2D eigenvalue weighted by molar-refractivity contribution is 0.637. The average Bonchev–Trinajstić information content (AvgIpc) is 3.01. The molecule has 0 atom stereocenters. The molecule has 8 nitrogen and oxygen atoms in total. The summed E-state index contributed by atoms with van der Waals surface area (Å²) in [6.07, 6.45) is 1.84. The quantitative estimate of drug-likeness (QED) is 0.866. The third-order valence-electron chi connectivity index (χ3n) is 3.28. The molecule has 0 aromatic carbocycles. The fraction of sp³-hybridized carbons (Fsp3) is 0.500. The lowest BCUT2D eigenvalue weighted by Crippen LogP contribution is -2.47. The van der Waals surface area contributed by atoms with E-state index in [2.05, 4.69) is 29.7 Å². The van der Waals surface area contributed by atoms with E-state index >= 15 is 0 Å². The van der Waals surface area contributed by atoms with E-state index in [9.17, 15) is 0 Å². The van der Waals surface area contributed by atoms with E-state index in [0.717, 1.165) is 31.3 Å². The topological polar surface area (TPSA) is 87.3 Å². The molecule has 0 radical (unpaired) electrons. The maximum absolute atomic E-state index is 5.77. The molecular weight excluding hydrogens is 288 g/mol. The summed E-state index contributed by atoms with van der Waals surface area (Å²) in [5, 5.41) is 3.07. The molecule has 3 heterocycles. The molecule has 0 amide bonds. The Hall–Kier alpha value is -2.16. The highest BCUT2D eigenvalue weighted by molar-refractivity contribution is 7.13. The van der Waals surface area contributed by atoms with E-state index in [1.54, 1.807) is 11.3 Å². The Morgan fingerprint density at radius 2 is 1.81 bits per heavy atom. The maximum Gasteiger partial charge on any atom is 0.232 e. The number of nitrogens with two attached hydrogens (primary N) is 1. The summed E-state index contributed by atoms with van der Waals surface area (Å²) in [5.41, 5.74) is 5.77. The SMILES string of the molecule is CN(C)c1nc(N)nc(N2CCN(c3nccs3)CC2)n1. The first-order chi connectivity index (χ1) is 10.1. The lowest BCUT2D eigenvalue weighted by Gasteiger charge is -2.34. The number of rotatable bonds is 3. The van der Waals surface area contributed by atoms with Crippen LogP contribution < -0.4 is 20.4 Å². The largest absolute Gasteiger partial charge is 0.368 e. The van der Waals surface area contributed by atoms with Gasteiger partial charge in [-0.25, -0.2) is 4.98 Å². The van der Waals surface area contributed by atoms with Crippen molar-refractivity contribution in [2.24, 2.45) is 0 Å². The monoisotopic (exact) mass is 306 g/mol. The third-order valence-corrected chi connectivity index (χ3v) is 4.11.